The number of carbonyl (C=O) groups excluding carboxylic acids is 1. The molecule has 0 unspecified atom stereocenters. The average molecular weight is 301 g/mol. The maximum atomic E-state index is 12.2. The first-order chi connectivity index (χ1) is 10.2. The first-order valence-electron chi connectivity index (χ1n) is 7.37. The van der Waals surface area contributed by atoms with E-state index in [1.54, 1.807) is 36.9 Å². The number of hydrogen-bond acceptors (Lipinski definition) is 3. The molecule has 1 aromatic heterocycles. The minimum atomic E-state index is -0.673. The molecule has 5 heteroatoms. The van der Waals surface area contributed by atoms with E-state index in [1.807, 2.05) is 26.1 Å². The lowest BCUT2D eigenvalue weighted by Gasteiger charge is -2.16. The topological polar surface area (TPSA) is 67.2 Å². The van der Waals surface area contributed by atoms with Gasteiger partial charge in [-0.15, -0.1) is 0 Å². The number of aryl methyl sites for hydroxylation is 3. The molecular weight excluding hydrogens is 278 g/mol. The number of aliphatic hydroxyl groups is 1. The minimum absolute atomic E-state index is 0.148. The molecule has 2 N–H and O–H groups in total. The fraction of sp³-hybridized carbons (Fsp3) is 0.412. The van der Waals surface area contributed by atoms with Crippen molar-refractivity contribution in [3.8, 4) is 0 Å². The molecule has 1 amide bonds. The molecule has 0 radical (unpaired) electrons. The van der Waals surface area contributed by atoms with Gasteiger partial charge in [0.25, 0.3) is 5.91 Å². The van der Waals surface area contributed by atoms with Crippen molar-refractivity contribution >= 4 is 11.6 Å². The van der Waals surface area contributed by atoms with Gasteiger partial charge in [0.15, 0.2) is 0 Å². The Morgan fingerprint density at radius 3 is 2.45 bits per heavy atom. The summed E-state index contributed by atoms with van der Waals surface area (Å²) in [5.74, 6) is -0.148. The molecule has 2 rings (SSSR count). The molecule has 1 aromatic carbocycles. The van der Waals surface area contributed by atoms with Crippen LogP contribution in [0.15, 0.2) is 30.5 Å². The third kappa shape index (κ3) is 4.43. The van der Waals surface area contributed by atoms with Crippen molar-refractivity contribution in [2.75, 3.05) is 5.32 Å². The van der Waals surface area contributed by atoms with Gasteiger partial charge in [-0.1, -0.05) is 12.1 Å². The number of aromatic nitrogens is 2. The SMILES string of the molecule is Cc1nn(C)cc1NC(=O)c1ccc(CCC(C)(C)O)cc1. The van der Waals surface area contributed by atoms with Crippen molar-refractivity contribution in [3.05, 3.63) is 47.3 Å². The van der Waals surface area contributed by atoms with Crippen molar-refractivity contribution in [1.29, 1.82) is 0 Å². The molecule has 0 saturated carbocycles. The number of rotatable bonds is 5. The van der Waals surface area contributed by atoms with E-state index in [1.165, 1.54) is 0 Å². The second-order valence-electron chi connectivity index (χ2n) is 6.27. The van der Waals surface area contributed by atoms with Gasteiger partial charge < -0.3 is 10.4 Å². The smallest absolute Gasteiger partial charge is 0.255 e. The molecule has 0 aliphatic rings. The Labute approximate surface area is 131 Å². The maximum absolute atomic E-state index is 12.2. The fourth-order valence-corrected chi connectivity index (χ4v) is 2.19. The van der Waals surface area contributed by atoms with Gasteiger partial charge in [0.05, 0.1) is 17.0 Å². The third-order valence-electron chi connectivity index (χ3n) is 3.50. The van der Waals surface area contributed by atoms with E-state index >= 15 is 0 Å². The van der Waals surface area contributed by atoms with Gasteiger partial charge in [-0.3, -0.25) is 9.48 Å². The number of nitrogens with one attached hydrogen (secondary N) is 1. The van der Waals surface area contributed by atoms with Crippen LogP contribution in [0.4, 0.5) is 5.69 Å². The van der Waals surface area contributed by atoms with Crippen LogP contribution in [0.5, 0.6) is 0 Å². The molecule has 5 nitrogen and oxygen atoms in total. The monoisotopic (exact) mass is 301 g/mol. The zero-order valence-corrected chi connectivity index (χ0v) is 13.6. The summed E-state index contributed by atoms with van der Waals surface area (Å²) in [5, 5.41) is 16.8. The van der Waals surface area contributed by atoms with Crippen molar-refractivity contribution in [2.24, 2.45) is 7.05 Å². The van der Waals surface area contributed by atoms with Crippen LogP contribution >= 0.6 is 0 Å². The normalized spacial score (nSPS) is 11.5. The van der Waals surface area contributed by atoms with Crippen LogP contribution in [0, 0.1) is 6.92 Å². The summed E-state index contributed by atoms with van der Waals surface area (Å²) >= 11 is 0. The quantitative estimate of drug-likeness (QED) is 0.892. The van der Waals surface area contributed by atoms with E-state index in [4.69, 9.17) is 0 Å². The van der Waals surface area contributed by atoms with Gasteiger partial charge >= 0.3 is 0 Å². The molecule has 0 saturated heterocycles. The summed E-state index contributed by atoms with van der Waals surface area (Å²) < 4.78 is 1.67. The van der Waals surface area contributed by atoms with Crippen molar-refractivity contribution in [1.82, 2.24) is 9.78 Å². The molecule has 118 valence electrons. The summed E-state index contributed by atoms with van der Waals surface area (Å²) in [7, 11) is 1.82. The van der Waals surface area contributed by atoms with Crippen LogP contribution in [0.25, 0.3) is 0 Å². The summed E-state index contributed by atoms with van der Waals surface area (Å²) in [4.78, 5) is 12.2. The minimum Gasteiger partial charge on any atom is -0.390 e. The van der Waals surface area contributed by atoms with Crippen LogP contribution in [-0.2, 0) is 13.5 Å². The highest BCUT2D eigenvalue weighted by atomic mass is 16.3. The lowest BCUT2D eigenvalue weighted by atomic mass is 9.98. The molecule has 0 bridgehead atoms. The molecule has 0 spiro atoms. The Bertz CT molecular complexity index is 652. The molecule has 22 heavy (non-hydrogen) atoms. The predicted octanol–water partition coefficient (Wildman–Crippen LogP) is 2.68. The van der Waals surface area contributed by atoms with Gasteiger partial charge in [0, 0.05) is 18.8 Å². The molecule has 0 aliphatic heterocycles. The van der Waals surface area contributed by atoms with E-state index in [2.05, 4.69) is 10.4 Å². The zero-order chi connectivity index (χ0) is 16.3. The largest absolute Gasteiger partial charge is 0.390 e. The number of carbonyl (C=O) groups is 1. The third-order valence-corrected chi connectivity index (χ3v) is 3.50. The zero-order valence-electron chi connectivity index (χ0n) is 13.6. The Morgan fingerprint density at radius 2 is 1.95 bits per heavy atom. The van der Waals surface area contributed by atoms with Crippen LogP contribution in [0.3, 0.4) is 0 Å². The standard InChI is InChI=1S/C17H23N3O2/c1-12-15(11-20(4)19-12)18-16(21)14-7-5-13(6-8-14)9-10-17(2,3)22/h5-8,11,22H,9-10H2,1-4H3,(H,18,21). The number of amides is 1. The number of benzene rings is 1. The highest BCUT2D eigenvalue weighted by molar-refractivity contribution is 6.04. The average Bonchev–Trinajstić information content (AvgIpc) is 2.74. The summed E-state index contributed by atoms with van der Waals surface area (Å²) in [6.45, 7) is 5.45. The van der Waals surface area contributed by atoms with Crippen molar-refractivity contribution < 1.29 is 9.90 Å². The Hall–Kier alpha value is -2.14. The van der Waals surface area contributed by atoms with Crippen molar-refractivity contribution in [2.45, 2.75) is 39.2 Å². The molecular formula is C17H23N3O2. The van der Waals surface area contributed by atoms with E-state index in [9.17, 15) is 9.90 Å². The van der Waals surface area contributed by atoms with E-state index in [-0.39, 0.29) is 5.91 Å². The highest BCUT2D eigenvalue weighted by Crippen LogP contribution is 2.16. The molecule has 2 aromatic rings. The van der Waals surface area contributed by atoms with E-state index in [0.717, 1.165) is 23.4 Å². The lowest BCUT2D eigenvalue weighted by molar-refractivity contribution is 0.0714. The maximum Gasteiger partial charge on any atom is 0.255 e. The second-order valence-corrected chi connectivity index (χ2v) is 6.27. The summed E-state index contributed by atoms with van der Waals surface area (Å²) in [5.41, 5.74) is 2.55. The Kier molecular flexibility index (Phi) is 4.66. The van der Waals surface area contributed by atoms with Gasteiger partial charge in [-0.2, -0.15) is 5.10 Å². The Balaban J connectivity index is 2.00. The van der Waals surface area contributed by atoms with Crippen LogP contribution < -0.4 is 5.32 Å². The lowest BCUT2D eigenvalue weighted by Crippen LogP contribution is -2.19. The van der Waals surface area contributed by atoms with Crippen LogP contribution in [-0.4, -0.2) is 26.4 Å². The van der Waals surface area contributed by atoms with E-state index < -0.39 is 5.60 Å². The van der Waals surface area contributed by atoms with Crippen molar-refractivity contribution in [3.63, 3.8) is 0 Å². The van der Waals surface area contributed by atoms with Crippen LogP contribution in [0.1, 0.15) is 41.9 Å². The van der Waals surface area contributed by atoms with Gasteiger partial charge in [0.2, 0.25) is 0 Å². The van der Waals surface area contributed by atoms with Crippen LogP contribution in [0.2, 0.25) is 0 Å². The summed E-state index contributed by atoms with van der Waals surface area (Å²) in [6.07, 6.45) is 3.26. The second kappa shape index (κ2) is 6.32. The first-order valence-corrected chi connectivity index (χ1v) is 7.37. The first kappa shape index (κ1) is 16.2. The highest BCUT2D eigenvalue weighted by Gasteiger charge is 2.13. The predicted molar refractivity (Wildman–Crippen MR) is 87.0 cm³/mol. The number of anilines is 1. The fourth-order valence-electron chi connectivity index (χ4n) is 2.19. The number of nitrogens with zero attached hydrogens (tertiary/aromatic N) is 2. The van der Waals surface area contributed by atoms with Gasteiger partial charge in [-0.05, 0) is 51.3 Å². The van der Waals surface area contributed by atoms with Gasteiger partial charge in [0.1, 0.15) is 0 Å². The molecule has 0 fully saturated rings. The molecule has 0 atom stereocenters. The molecule has 0 aliphatic carbocycles. The molecule has 1 heterocycles. The number of hydrogen-bond donors (Lipinski definition) is 2. The van der Waals surface area contributed by atoms with Gasteiger partial charge in [-0.25, -0.2) is 0 Å². The summed E-state index contributed by atoms with van der Waals surface area (Å²) in [6, 6.07) is 7.47. The van der Waals surface area contributed by atoms with E-state index in [0.29, 0.717) is 12.0 Å². The Morgan fingerprint density at radius 1 is 1.32 bits per heavy atom.